The van der Waals surface area contributed by atoms with E-state index in [4.69, 9.17) is 22.1 Å². The average molecular weight is 322 g/mol. The maximum absolute atomic E-state index is 11.8. The van der Waals surface area contributed by atoms with E-state index in [0.29, 0.717) is 17.0 Å². The molecule has 2 rings (SSSR count). The number of nitrogen functional groups attached to an aromatic ring is 1. The maximum atomic E-state index is 11.8. The molecule has 110 valence electrons. The monoisotopic (exact) mass is 321 g/mol. The largest absolute Gasteiger partial charge is 0.465 e. The molecule has 0 saturated carbocycles. The zero-order chi connectivity index (χ0) is 15.2. The van der Waals surface area contributed by atoms with E-state index in [1.54, 1.807) is 17.8 Å². The SMILES string of the molecule is COC(=O)c1c(N)cccc1CSCc1ccccc1Cl. The molecule has 21 heavy (non-hydrogen) atoms. The van der Waals surface area contributed by atoms with E-state index in [9.17, 15) is 4.79 Å². The molecule has 0 radical (unpaired) electrons. The molecule has 2 aromatic rings. The van der Waals surface area contributed by atoms with Gasteiger partial charge in [-0.1, -0.05) is 41.9 Å². The minimum atomic E-state index is -0.401. The van der Waals surface area contributed by atoms with Crippen LogP contribution in [0.5, 0.6) is 0 Å². The van der Waals surface area contributed by atoms with Crippen molar-refractivity contribution in [3.8, 4) is 0 Å². The molecule has 0 saturated heterocycles. The topological polar surface area (TPSA) is 52.3 Å². The van der Waals surface area contributed by atoms with Crippen molar-refractivity contribution in [3.63, 3.8) is 0 Å². The number of methoxy groups -OCH3 is 1. The van der Waals surface area contributed by atoms with Crippen LogP contribution in [0.25, 0.3) is 0 Å². The fourth-order valence-corrected chi connectivity index (χ4v) is 3.29. The molecule has 2 N–H and O–H groups in total. The summed E-state index contributed by atoms with van der Waals surface area (Å²) in [7, 11) is 1.36. The first kappa shape index (κ1) is 15.7. The van der Waals surface area contributed by atoms with Crippen LogP contribution >= 0.6 is 23.4 Å². The molecule has 0 bridgehead atoms. The van der Waals surface area contributed by atoms with Crippen LogP contribution in [0, 0.1) is 0 Å². The Hall–Kier alpha value is -1.65. The summed E-state index contributed by atoms with van der Waals surface area (Å²) in [5.41, 5.74) is 8.72. The van der Waals surface area contributed by atoms with Crippen molar-refractivity contribution in [2.45, 2.75) is 11.5 Å². The van der Waals surface area contributed by atoms with Crippen LogP contribution in [-0.2, 0) is 16.2 Å². The third-order valence-electron chi connectivity index (χ3n) is 3.05. The van der Waals surface area contributed by atoms with Crippen LogP contribution in [0.2, 0.25) is 5.02 Å². The van der Waals surface area contributed by atoms with Gasteiger partial charge in [-0.05, 0) is 23.3 Å². The number of rotatable bonds is 5. The van der Waals surface area contributed by atoms with E-state index >= 15 is 0 Å². The van der Waals surface area contributed by atoms with Gasteiger partial charge in [-0.2, -0.15) is 11.8 Å². The number of esters is 1. The highest BCUT2D eigenvalue weighted by molar-refractivity contribution is 7.97. The lowest BCUT2D eigenvalue weighted by atomic mass is 10.1. The molecule has 0 aliphatic carbocycles. The third-order valence-corrected chi connectivity index (χ3v) is 4.44. The number of anilines is 1. The molecule has 0 aliphatic heterocycles. The lowest BCUT2D eigenvalue weighted by Gasteiger charge is -2.10. The normalized spacial score (nSPS) is 10.4. The molecule has 0 atom stereocenters. The predicted octanol–water partition coefficient (Wildman–Crippen LogP) is 4.14. The number of benzene rings is 2. The number of carbonyl (C=O) groups is 1. The second-order valence-electron chi connectivity index (χ2n) is 4.46. The van der Waals surface area contributed by atoms with Crippen molar-refractivity contribution in [2.75, 3.05) is 12.8 Å². The Morgan fingerprint density at radius 1 is 1.14 bits per heavy atom. The maximum Gasteiger partial charge on any atom is 0.340 e. The summed E-state index contributed by atoms with van der Waals surface area (Å²) in [6, 6.07) is 13.2. The molecule has 2 aromatic carbocycles. The van der Waals surface area contributed by atoms with Crippen molar-refractivity contribution in [3.05, 3.63) is 64.2 Å². The van der Waals surface area contributed by atoms with Gasteiger partial charge in [-0.15, -0.1) is 0 Å². The summed E-state index contributed by atoms with van der Waals surface area (Å²) in [4.78, 5) is 11.8. The zero-order valence-corrected chi connectivity index (χ0v) is 13.2. The van der Waals surface area contributed by atoms with E-state index in [2.05, 4.69) is 0 Å². The van der Waals surface area contributed by atoms with E-state index in [1.807, 2.05) is 36.4 Å². The number of nitrogens with two attached hydrogens (primary N) is 1. The lowest BCUT2D eigenvalue weighted by molar-refractivity contribution is 0.0601. The van der Waals surface area contributed by atoms with Crippen LogP contribution in [0.15, 0.2) is 42.5 Å². The molecule has 0 amide bonds. The molecule has 0 aliphatic rings. The van der Waals surface area contributed by atoms with Gasteiger partial charge in [0.2, 0.25) is 0 Å². The van der Waals surface area contributed by atoms with Crippen LogP contribution < -0.4 is 5.73 Å². The highest BCUT2D eigenvalue weighted by Crippen LogP contribution is 2.26. The number of hydrogen-bond acceptors (Lipinski definition) is 4. The molecular weight excluding hydrogens is 306 g/mol. The minimum absolute atomic E-state index is 0.401. The van der Waals surface area contributed by atoms with Gasteiger partial charge in [0.25, 0.3) is 0 Å². The van der Waals surface area contributed by atoms with Gasteiger partial charge in [0, 0.05) is 22.2 Å². The molecule has 0 aromatic heterocycles. The van der Waals surface area contributed by atoms with E-state index < -0.39 is 5.97 Å². The molecule has 0 heterocycles. The number of thioether (sulfide) groups is 1. The smallest absolute Gasteiger partial charge is 0.340 e. The second-order valence-corrected chi connectivity index (χ2v) is 5.85. The summed E-state index contributed by atoms with van der Waals surface area (Å²) in [5.74, 6) is 1.04. The Bertz CT molecular complexity index is 646. The molecule has 0 unspecified atom stereocenters. The first-order valence-corrected chi connectivity index (χ1v) is 7.93. The van der Waals surface area contributed by atoms with E-state index in [0.717, 1.165) is 21.9 Å². The number of halogens is 1. The summed E-state index contributed by atoms with van der Waals surface area (Å²) in [6.45, 7) is 0. The van der Waals surface area contributed by atoms with Gasteiger partial charge in [0.1, 0.15) is 0 Å². The minimum Gasteiger partial charge on any atom is -0.465 e. The Labute approximate surface area is 133 Å². The lowest BCUT2D eigenvalue weighted by Crippen LogP contribution is -2.09. The summed E-state index contributed by atoms with van der Waals surface area (Å²) >= 11 is 7.80. The van der Waals surface area contributed by atoms with Gasteiger partial charge in [0.15, 0.2) is 0 Å². The van der Waals surface area contributed by atoms with Gasteiger partial charge in [-0.3, -0.25) is 0 Å². The summed E-state index contributed by atoms with van der Waals surface area (Å²) < 4.78 is 4.79. The average Bonchev–Trinajstić information content (AvgIpc) is 2.48. The second kappa shape index (κ2) is 7.38. The van der Waals surface area contributed by atoms with Crippen molar-refractivity contribution in [1.82, 2.24) is 0 Å². The fourth-order valence-electron chi connectivity index (χ4n) is 1.98. The Kier molecular flexibility index (Phi) is 5.53. The zero-order valence-electron chi connectivity index (χ0n) is 11.6. The Balaban J connectivity index is 2.09. The van der Waals surface area contributed by atoms with Crippen LogP contribution in [0.1, 0.15) is 21.5 Å². The number of hydrogen-bond donors (Lipinski definition) is 1. The van der Waals surface area contributed by atoms with Crippen LogP contribution in [0.4, 0.5) is 5.69 Å². The molecule has 3 nitrogen and oxygen atoms in total. The van der Waals surface area contributed by atoms with Gasteiger partial charge < -0.3 is 10.5 Å². The number of ether oxygens (including phenoxy) is 1. The highest BCUT2D eigenvalue weighted by atomic mass is 35.5. The highest BCUT2D eigenvalue weighted by Gasteiger charge is 2.15. The van der Waals surface area contributed by atoms with Crippen LogP contribution in [-0.4, -0.2) is 13.1 Å². The van der Waals surface area contributed by atoms with E-state index in [1.165, 1.54) is 7.11 Å². The molecule has 0 spiro atoms. The first-order valence-electron chi connectivity index (χ1n) is 6.40. The molecular formula is C16H16ClNO2S. The standard InChI is InChI=1S/C16H16ClNO2S/c1-20-16(19)15-12(6-4-8-14(15)18)10-21-9-11-5-2-3-7-13(11)17/h2-8H,9-10,18H2,1H3. The quantitative estimate of drug-likeness (QED) is 0.664. The summed E-state index contributed by atoms with van der Waals surface area (Å²) in [5, 5.41) is 0.755. The van der Waals surface area contributed by atoms with Crippen molar-refractivity contribution < 1.29 is 9.53 Å². The molecule has 0 fully saturated rings. The summed E-state index contributed by atoms with van der Waals surface area (Å²) in [6.07, 6.45) is 0. The molecule has 5 heteroatoms. The Morgan fingerprint density at radius 3 is 2.52 bits per heavy atom. The van der Waals surface area contributed by atoms with Gasteiger partial charge in [0.05, 0.1) is 12.7 Å². The first-order chi connectivity index (χ1) is 10.1. The van der Waals surface area contributed by atoms with Gasteiger partial charge in [-0.25, -0.2) is 4.79 Å². The van der Waals surface area contributed by atoms with E-state index in [-0.39, 0.29) is 0 Å². The third kappa shape index (κ3) is 3.93. The number of carbonyl (C=O) groups excluding carboxylic acids is 1. The van der Waals surface area contributed by atoms with Crippen molar-refractivity contribution in [1.29, 1.82) is 0 Å². The predicted molar refractivity (Wildman–Crippen MR) is 88.6 cm³/mol. The van der Waals surface area contributed by atoms with Gasteiger partial charge >= 0.3 is 5.97 Å². The Morgan fingerprint density at radius 2 is 1.81 bits per heavy atom. The van der Waals surface area contributed by atoms with Crippen LogP contribution in [0.3, 0.4) is 0 Å². The fraction of sp³-hybridized carbons (Fsp3) is 0.188. The van der Waals surface area contributed by atoms with Crippen molar-refractivity contribution >= 4 is 35.0 Å². The van der Waals surface area contributed by atoms with Crippen molar-refractivity contribution in [2.24, 2.45) is 0 Å².